The summed E-state index contributed by atoms with van der Waals surface area (Å²) >= 11 is 3.36. The zero-order valence-corrected chi connectivity index (χ0v) is 8.99. The predicted octanol–water partition coefficient (Wildman–Crippen LogP) is 0.229. The molecule has 2 heterocycles. The number of nitrogens with zero attached hydrogens (tertiary/aromatic N) is 2. The number of morpholine rings is 1. The molecule has 0 aromatic rings. The van der Waals surface area contributed by atoms with E-state index < -0.39 is 0 Å². The number of ether oxygens (including phenoxy) is 1. The summed E-state index contributed by atoms with van der Waals surface area (Å²) in [5.41, 5.74) is 0. The molecule has 2 aliphatic rings. The molecule has 0 saturated carbocycles. The Hall–Kier alpha value is -0.130. The highest BCUT2D eigenvalue weighted by atomic mass is 79.9. The summed E-state index contributed by atoms with van der Waals surface area (Å²) in [6.07, 6.45) is 0.913. The van der Waals surface area contributed by atoms with Crippen LogP contribution >= 0.6 is 15.9 Å². The molecule has 0 spiro atoms. The van der Waals surface area contributed by atoms with Crippen LogP contribution in [0.5, 0.6) is 0 Å². The quantitative estimate of drug-likeness (QED) is 0.624. The van der Waals surface area contributed by atoms with E-state index >= 15 is 0 Å². The van der Waals surface area contributed by atoms with E-state index in [0.717, 1.165) is 39.3 Å². The summed E-state index contributed by atoms with van der Waals surface area (Å²) in [6, 6.07) is 0. The van der Waals surface area contributed by atoms with Crippen molar-refractivity contribution < 1.29 is 9.53 Å². The monoisotopic (exact) mass is 248 g/mol. The molecule has 2 rings (SSSR count). The average molecular weight is 249 g/mol. The van der Waals surface area contributed by atoms with Crippen molar-refractivity contribution in [2.75, 3.05) is 32.8 Å². The van der Waals surface area contributed by atoms with Crippen LogP contribution in [0.3, 0.4) is 0 Å². The third-order valence-corrected chi connectivity index (χ3v) is 3.30. The van der Waals surface area contributed by atoms with Crippen molar-refractivity contribution in [2.45, 2.75) is 11.2 Å². The van der Waals surface area contributed by atoms with Gasteiger partial charge in [0, 0.05) is 19.6 Å². The SMILES string of the molecule is O=C1[C@H](Br)CCN1N1CCOCC1. The maximum Gasteiger partial charge on any atom is 0.250 e. The fraction of sp³-hybridized carbons (Fsp3) is 0.875. The summed E-state index contributed by atoms with van der Waals surface area (Å²) in [5, 5.41) is 3.94. The molecule has 0 radical (unpaired) electrons. The molecule has 13 heavy (non-hydrogen) atoms. The summed E-state index contributed by atoms with van der Waals surface area (Å²) in [6.45, 7) is 3.99. The lowest BCUT2D eigenvalue weighted by Gasteiger charge is -2.34. The lowest BCUT2D eigenvalue weighted by Crippen LogP contribution is -2.49. The second kappa shape index (κ2) is 3.94. The van der Waals surface area contributed by atoms with Crippen LogP contribution in [0, 0.1) is 0 Å². The first-order chi connectivity index (χ1) is 6.29. The zero-order chi connectivity index (χ0) is 9.26. The van der Waals surface area contributed by atoms with Crippen molar-refractivity contribution in [3.05, 3.63) is 0 Å². The first-order valence-electron chi connectivity index (χ1n) is 4.57. The minimum absolute atomic E-state index is 0.0235. The van der Waals surface area contributed by atoms with Gasteiger partial charge >= 0.3 is 0 Å². The fourth-order valence-electron chi connectivity index (χ4n) is 1.71. The minimum Gasteiger partial charge on any atom is -0.379 e. The van der Waals surface area contributed by atoms with Gasteiger partial charge in [0.05, 0.1) is 18.0 Å². The summed E-state index contributed by atoms with van der Waals surface area (Å²) in [4.78, 5) is 11.6. The number of rotatable bonds is 1. The van der Waals surface area contributed by atoms with Gasteiger partial charge in [0.2, 0.25) is 0 Å². The normalized spacial score (nSPS) is 31.3. The van der Waals surface area contributed by atoms with Crippen LogP contribution in [-0.2, 0) is 9.53 Å². The number of hydrogen-bond donors (Lipinski definition) is 0. The fourth-order valence-corrected chi connectivity index (χ4v) is 2.15. The van der Waals surface area contributed by atoms with E-state index in [1.807, 2.05) is 5.01 Å². The van der Waals surface area contributed by atoms with Gasteiger partial charge < -0.3 is 4.74 Å². The van der Waals surface area contributed by atoms with Gasteiger partial charge in [-0.3, -0.25) is 9.80 Å². The molecule has 2 saturated heterocycles. The second-order valence-electron chi connectivity index (χ2n) is 3.28. The second-order valence-corrected chi connectivity index (χ2v) is 4.39. The van der Waals surface area contributed by atoms with E-state index in [1.54, 1.807) is 0 Å². The zero-order valence-electron chi connectivity index (χ0n) is 7.41. The van der Waals surface area contributed by atoms with Crippen molar-refractivity contribution in [1.29, 1.82) is 0 Å². The Balaban J connectivity index is 1.96. The summed E-state index contributed by atoms with van der Waals surface area (Å²) < 4.78 is 5.23. The van der Waals surface area contributed by atoms with Crippen LogP contribution in [0.15, 0.2) is 0 Å². The topological polar surface area (TPSA) is 32.8 Å². The number of hydrogen-bond acceptors (Lipinski definition) is 3. The Morgan fingerprint density at radius 2 is 2.00 bits per heavy atom. The highest BCUT2D eigenvalue weighted by molar-refractivity contribution is 9.10. The van der Waals surface area contributed by atoms with E-state index in [9.17, 15) is 4.79 Å². The first-order valence-corrected chi connectivity index (χ1v) is 5.48. The van der Waals surface area contributed by atoms with Crippen molar-refractivity contribution in [1.82, 2.24) is 10.0 Å². The van der Waals surface area contributed by atoms with Gasteiger partial charge in [-0.05, 0) is 6.42 Å². The van der Waals surface area contributed by atoms with Gasteiger partial charge in [0.15, 0.2) is 0 Å². The van der Waals surface area contributed by atoms with Crippen molar-refractivity contribution in [3.63, 3.8) is 0 Å². The van der Waals surface area contributed by atoms with Crippen LogP contribution in [0.25, 0.3) is 0 Å². The standard InChI is InChI=1S/C8H13BrN2O2/c9-7-1-2-11(8(7)12)10-3-5-13-6-4-10/h7H,1-6H2/t7-/m1/s1. The summed E-state index contributed by atoms with van der Waals surface area (Å²) in [5.74, 6) is 0.196. The molecule has 5 heteroatoms. The Morgan fingerprint density at radius 1 is 1.31 bits per heavy atom. The number of alkyl halides is 1. The lowest BCUT2D eigenvalue weighted by atomic mass is 10.4. The minimum atomic E-state index is 0.0235. The van der Waals surface area contributed by atoms with Gasteiger partial charge in [0.25, 0.3) is 5.91 Å². The van der Waals surface area contributed by atoms with Gasteiger partial charge in [-0.25, -0.2) is 5.01 Å². The van der Waals surface area contributed by atoms with E-state index in [-0.39, 0.29) is 10.7 Å². The number of carbonyl (C=O) groups is 1. The lowest BCUT2D eigenvalue weighted by molar-refractivity contribution is -0.149. The number of amides is 1. The van der Waals surface area contributed by atoms with Crippen LogP contribution in [0.4, 0.5) is 0 Å². The Morgan fingerprint density at radius 3 is 2.54 bits per heavy atom. The smallest absolute Gasteiger partial charge is 0.250 e. The molecule has 74 valence electrons. The highest BCUT2D eigenvalue weighted by Gasteiger charge is 2.33. The molecule has 0 aromatic heterocycles. The molecule has 0 unspecified atom stereocenters. The molecule has 1 amide bonds. The summed E-state index contributed by atoms with van der Waals surface area (Å²) in [7, 11) is 0. The molecule has 2 aliphatic heterocycles. The number of halogens is 1. The molecule has 0 bridgehead atoms. The van der Waals surface area contributed by atoms with Crippen LogP contribution in [-0.4, -0.2) is 53.6 Å². The van der Waals surface area contributed by atoms with Crippen LogP contribution in [0.1, 0.15) is 6.42 Å². The predicted molar refractivity (Wildman–Crippen MR) is 51.4 cm³/mol. The Kier molecular flexibility index (Phi) is 2.86. The van der Waals surface area contributed by atoms with Crippen molar-refractivity contribution >= 4 is 21.8 Å². The molecular weight excluding hydrogens is 236 g/mol. The average Bonchev–Trinajstić information content (AvgIpc) is 2.49. The van der Waals surface area contributed by atoms with Crippen LogP contribution in [0.2, 0.25) is 0 Å². The molecule has 2 fully saturated rings. The van der Waals surface area contributed by atoms with Crippen LogP contribution < -0.4 is 0 Å². The maximum atomic E-state index is 11.6. The third-order valence-electron chi connectivity index (χ3n) is 2.45. The first kappa shape index (κ1) is 9.43. The molecule has 0 aromatic carbocycles. The molecule has 1 atom stereocenters. The molecule has 0 aliphatic carbocycles. The van der Waals surface area contributed by atoms with Gasteiger partial charge in [-0.15, -0.1) is 0 Å². The Bertz CT molecular complexity index is 206. The van der Waals surface area contributed by atoms with E-state index in [4.69, 9.17) is 4.74 Å². The van der Waals surface area contributed by atoms with E-state index in [0.29, 0.717) is 0 Å². The van der Waals surface area contributed by atoms with E-state index in [2.05, 4.69) is 20.9 Å². The van der Waals surface area contributed by atoms with Gasteiger partial charge in [0.1, 0.15) is 0 Å². The number of hydrazine groups is 1. The van der Waals surface area contributed by atoms with Gasteiger partial charge in [-0.2, -0.15) is 0 Å². The third kappa shape index (κ3) is 1.87. The number of carbonyl (C=O) groups excluding carboxylic acids is 1. The molecule has 0 N–H and O–H groups in total. The maximum absolute atomic E-state index is 11.6. The molecule has 4 nitrogen and oxygen atoms in total. The van der Waals surface area contributed by atoms with Crippen molar-refractivity contribution in [3.8, 4) is 0 Å². The van der Waals surface area contributed by atoms with Crippen molar-refractivity contribution in [2.24, 2.45) is 0 Å². The van der Waals surface area contributed by atoms with E-state index in [1.165, 1.54) is 0 Å². The largest absolute Gasteiger partial charge is 0.379 e. The van der Waals surface area contributed by atoms with Gasteiger partial charge in [-0.1, -0.05) is 15.9 Å². The molecular formula is C8H13BrN2O2. The highest BCUT2D eigenvalue weighted by Crippen LogP contribution is 2.20. The Labute approximate surface area is 85.9 Å².